The number of anilines is 1. The SMILES string of the molecule is Cc1ccc(C(=O)c2cccc(NC(=O)COc3ccccc3C)c2)cc1C. The molecular formula is C24H23NO3. The van der Waals surface area contributed by atoms with E-state index in [9.17, 15) is 9.59 Å². The van der Waals surface area contributed by atoms with E-state index in [4.69, 9.17) is 4.74 Å². The number of carbonyl (C=O) groups is 2. The van der Waals surface area contributed by atoms with Gasteiger partial charge in [-0.25, -0.2) is 0 Å². The number of hydrogen-bond acceptors (Lipinski definition) is 3. The molecule has 0 aromatic heterocycles. The summed E-state index contributed by atoms with van der Waals surface area (Å²) < 4.78 is 5.56. The van der Waals surface area contributed by atoms with Crippen LogP contribution >= 0.6 is 0 Å². The van der Waals surface area contributed by atoms with E-state index in [1.54, 1.807) is 24.3 Å². The zero-order chi connectivity index (χ0) is 20.1. The van der Waals surface area contributed by atoms with Crippen LogP contribution in [-0.2, 0) is 4.79 Å². The van der Waals surface area contributed by atoms with Crippen LogP contribution < -0.4 is 10.1 Å². The van der Waals surface area contributed by atoms with Crippen molar-refractivity contribution in [1.82, 2.24) is 0 Å². The Bertz CT molecular complexity index is 1020. The maximum atomic E-state index is 12.8. The van der Waals surface area contributed by atoms with Crippen molar-refractivity contribution in [3.63, 3.8) is 0 Å². The van der Waals surface area contributed by atoms with E-state index in [0.29, 0.717) is 22.6 Å². The second kappa shape index (κ2) is 8.53. The molecule has 0 spiro atoms. The van der Waals surface area contributed by atoms with Crippen molar-refractivity contribution in [2.24, 2.45) is 0 Å². The van der Waals surface area contributed by atoms with E-state index in [2.05, 4.69) is 5.32 Å². The van der Waals surface area contributed by atoms with Gasteiger partial charge in [-0.2, -0.15) is 0 Å². The van der Waals surface area contributed by atoms with Gasteiger partial charge >= 0.3 is 0 Å². The average Bonchev–Trinajstić information content (AvgIpc) is 2.69. The minimum absolute atomic E-state index is 0.0737. The minimum Gasteiger partial charge on any atom is -0.483 e. The molecule has 3 aromatic rings. The summed E-state index contributed by atoms with van der Waals surface area (Å²) in [7, 11) is 0. The normalized spacial score (nSPS) is 10.4. The summed E-state index contributed by atoms with van der Waals surface area (Å²) in [5, 5.41) is 2.78. The fraction of sp³-hybridized carbons (Fsp3) is 0.167. The molecule has 0 aliphatic carbocycles. The molecule has 0 aliphatic rings. The van der Waals surface area contributed by atoms with Crippen LogP contribution in [0, 0.1) is 20.8 Å². The summed E-state index contributed by atoms with van der Waals surface area (Å²) in [6, 6.07) is 20.1. The van der Waals surface area contributed by atoms with Crippen molar-refractivity contribution in [3.8, 4) is 5.75 Å². The molecule has 0 saturated heterocycles. The molecule has 1 N–H and O–H groups in total. The smallest absolute Gasteiger partial charge is 0.262 e. The van der Waals surface area contributed by atoms with Gasteiger partial charge in [0.15, 0.2) is 12.4 Å². The Balaban J connectivity index is 1.67. The summed E-state index contributed by atoms with van der Waals surface area (Å²) in [5.74, 6) is 0.325. The summed E-state index contributed by atoms with van der Waals surface area (Å²) >= 11 is 0. The highest BCUT2D eigenvalue weighted by molar-refractivity contribution is 6.10. The number of carbonyl (C=O) groups excluding carboxylic acids is 2. The summed E-state index contributed by atoms with van der Waals surface area (Å²) in [6.45, 7) is 5.82. The lowest BCUT2D eigenvalue weighted by Gasteiger charge is -2.10. The number of para-hydroxylation sites is 1. The molecule has 4 heteroatoms. The molecule has 28 heavy (non-hydrogen) atoms. The number of ether oxygens (including phenoxy) is 1. The number of ketones is 1. The molecule has 0 aliphatic heterocycles. The number of benzene rings is 3. The van der Waals surface area contributed by atoms with E-state index in [-0.39, 0.29) is 18.3 Å². The zero-order valence-electron chi connectivity index (χ0n) is 16.3. The first-order valence-electron chi connectivity index (χ1n) is 9.14. The zero-order valence-corrected chi connectivity index (χ0v) is 16.3. The van der Waals surface area contributed by atoms with Gasteiger partial charge in [-0.3, -0.25) is 9.59 Å². The second-order valence-electron chi connectivity index (χ2n) is 6.81. The monoisotopic (exact) mass is 373 g/mol. The summed E-state index contributed by atoms with van der Waals surface area (Å²) in [6.07, 6.45) is 0. The first kappa shape index (κ1) is 19.4. The predicted octanol–water partition coefficient (Wildman–Crippen LogP) is 4.86. The number of rotatable bonds is 6. The Hall–Kier alpha value is -3.40. The molecule has 3 rings (SSSR count). The van der Waals surface area contributed by atoms with E-state index in [1.807, 2.05) is 63.2 Å². The fourth-order valence-electron chi connectivity index (χ4n) is 2.85. The van der Waals surface area contributed by atoms with Gasteiger partial charge in [0, 0.05) is 16.8 Å². The van der Waals surface area contributed by atoms with Crippen LogP contribution in [0.1, 0.15) is 32.6 Å². The van der Waals surface area contributed by atoms with Gasteiger partial charge < -0.3 is 10.1 Å². The van der Waals surface area contributed by atoms with E-state index >= 15 is 0 Å². The van der Waals surface area contributed by atoms with Crippen molar-refractivity contribution in [1.29, 1.82) is 0 Å². The van der Waals surface area contributed by atoms with Gasteiger partial charge in [-0.15, -0.1) is 0 Å². The van der Waals surface area contributed by atoms with Crippen LogP contribution in [0.2, 0.25) is 0 Å². The van der Waals surface area contributed by atoms with Crippen molar-refractivity contribution >= 4 is 17.4 Å². The molecule has 0 saturated carbocycles. The Labute approximate surface area is 165 Å². The average molecular weight is 373 g/mol. The first-order chi connectivity index (χ1) is 13.4. The molecule has 0 radical (unpaired) electrons. The lowest BCUT2D eigenvalue weighted by molar-refractivity contribution is -0.118. The van der Waals surface area contributed by atoms with Gasteiger partial charge in [-0.1, -0.05) is 42.5 Å². The maximum absolute atomic E-state index is 12.8. The topological polar surface area (TPSA) is 55.4 Å². The number of amides is 1. The molecule has 0 fully saturated rings. The fourth-order valence-corrected chi connectivity index (χ4v) is 2.85. The predicted molar refractivity (Wildman–Crippen MR) is 111 cm³/mol. The van der Waals surface area contributed by atoms with Crippen LogP contribution in [0.25, 0.3) is 0 Å². The number of hydrogen-bond donors (Lipinski definition) is 1. The molecule has 4 nitrogen and oxygen atoms in total. The highest BCUT2D eigenvalue weighted by Gasteiger charge is 2.12. The molecule has 0 unspecified atom stereocenters. The summed E-state index contributed by atoms with van der Waals surface area (Å²) in [5.41, 5.74) is 4.91. The van der Waals surface area contributed by atoms with Crippen LogP contribution in [0.4, 0.5) is 5.69 Å². The Morgan fingerprint density at radius 1 is 0.786 bits per heavy atom. The Morgan fingerprint density at radius 2 is 1.54 bits per heavy atom. The molecule has 0 heterocycles. The molecule has 0 atom stereocenters. The van der Waals surface area contributed by atoms with Crippen molar-refractivity contribution in [2.45, 2.75) is 20.8 Å². The van der Waals surface area contributed by atoms with Crippen LogP contribution in [0.15, 0.2) is 66.7 Å². The highest BCUT2D eigenvalue weighted by Crippen LogP contribution is 2.18. The van der Waals surface area contributed by atoms with E-state index in [1.165, 1.54) is 0 Å². The second-order valence-corrected chi connectivity index (χ2v) is 6.81. The van der Waals surface area contributed by atoms with Crippen LogP contribution in [0.5, 0.6) is 5.75 Å². The van der Waals surface area contributed by atoms with Gasteiger partial charge in [0.25, 0.3) is 5.91 Å². The molecule has 142 valence electrons. The van der Waals surface area contributed by atoms with Gasteiger partial charge in [0.1, 0.15) is 5.75 Å². The highest BCUT2D eigenvalue weighted by atomic mass is 16.5. The minimum atomic E-state index is -0.279. The standard InChI is InChI=1S/C24H23NO3/c1-16-11-12-20(13-18(16)3)24(27)19-8-6-9-21(14-19)25-23(26)15-28-22-10-5-4-7-17(22)2/h4-14H,15H2,1-3H3,(H,25,26). The molecule has 1 amide bonds. The Kier molecular flexibility index (Phi) is 5.90. The van der Waals surface area contributed by atoms with Gasteiger partial charge in [0.2, 0.25) is 0 Å². The van der Waals surface area contributed by atoms with Crippen molar-refractivity contribution in [2.75, 3.05) is 11.9 Å². The molecular weight excluding hydrogens is 350 g/mol. The van der Waals surface area contributed by atoms with Crippen LogP contribution in [-0.4, -0.2) is 18.3 Å². The lowest BCUT2D eigenvalue weighted by atomic mass is 9.99. The Morgan fingerprint density at radius 3 is 2.29 bits per heavy atom. The third-order valence-electron chi connectivity index (χ3n) is 4.63. The largest absolute Gasteiger partial charge is 0.483 e. The number of nitrogens with one attached hydrogen (secondary N) is 1. The third kappa shape index (κ3) is 4.65. The lowest BCUT2D eigenvalue weighted by Crippen LogP contribution is -2.20. The molecule has 0 bridgehead atoms. The van der Waals surface area contributed by atoms with E-state index < -0.39 is 0 Å². The maximum Gasteiger partial charge on any atom is 0.262 e. The van der Waals surface area contributed by atoms with Gasteiger partial charge in [0.05, 0.1) is 0 Å². The number of aryl methyl sites for hydroxylation is 3. The van der Waals surface area contributed by atoms with Crippen molar-refractivity contribution in [3.05, 3.63) is 94.5 Å². The first-order valence-corrected chi connectivity index (χ1v) is 9.14. The van der Waals surface area contributed by atoms with Crippen molar-refractivity contribution < 1.29 is 14.3 Å². The molecule has 3 aromatic carbocycles. The quantitative estimate of drug-likeness (QED) is 0.628. The summed E-state index contributed by atoms with van der Waals surface area (Å²) in [4.78, 5) is 25.0. The van der Waals surface area contributed by atoms with E-state index in [0.717, 1.165) is 16.7 Å². The third-order valence-corrected chi connectivity index (χ3v) is 4.63. The van der Waals surface area contributed by atoms with Crippen LogP contribution in [0.3, 0.4) is 0 Å². The van der Waals surface area contributed by atoms with Gasteiger partial charge in [-0.05, 0) is 61.7 Å².